The standard InChI is InChI=1S/C11H12BrN5O2S/c1-13-7-8-2-3-9(12)10(6-8)20(18,19)17-11-14-4-5-15-16-11/h2-6,13H,7H2,1H3,(H,14,16,17). The van der Waals surface area contributed by atoms with E-state index in [2.05, 4.69) is 41.2 Å². The van der Waals surface area contributed by atoms with Crippen LogP contribution >= 0.6 is 15.9 Å². The number of anilines is 1. The molecule has 0 aliphatic heterocycles. The van der Waals surface area contributed by atoms with Crippen LogP contribution in [-0.4, -0.2) is 30.6 Å². The number of halogens is 1. The fourth-order valence-corrected chi connectivity index (χ4v) is 3.50. The normalized spacial score (nSPS) is 11.3. The highest BCUT2D eigenvalue weighted by atomic mass is 79.9. The van der Waals surface area contributed by atoms with Gasteiger partial charge in [0.1, 0.15) is 4.90 Å². The lowest BCUT2D eigenvalue weighted by atomic mass is 10.2. The molecule has 0 atom stereocenters. The second-order valence-corrected chi connectivity index (χ2v) is 6.37. The van der Waals surface area contributed by atoms with Crippen LogP contribution in [0, 0.1) is 0 Å². The van der Waals surface area contributed by atoms with Gasteiger partial charge in [0.2, 0.25) is 0 Å². The molecule has 7 nitrogen and oxygen atoms in total. The summed E-state index contributed by atoms with van der Waals surface area (Å²) in [6, 6.07) is 5.10. The first-order valence-electron chi connectivity index (χ1n) is 5.62. The van der Waals surface area contributed by atoms with Gasteiger partial charge in [0.05, 0.1) is 12.4 Å². The smallest absolute Gasteiger partial charge is 0.265 e. The molecule has 0 aliphatic carbocycles. The van der Waals surface area contributed by atoms with E-state index < -0.39 is 10.0 Å². The summed E-state index contributed by atoms with van der Waals surface area (Å²) in [6.07, 6.45) is 2.72. The first kappa shape index (κ1) is 14.8. The van der Waals surface area contributed by atoms with E-state index in [-0.39, 0.29) is 10.8 Å². The van der Waals surface area contributed by atoms with E-state index in [4.69, 9.17) is 0 Å². The van der Waals surface area contributed by atoms with Gasteiger partial charge in [0, 0.05) is 11.0 Å². The van der Waals surface area contributed by atoms with Gasteiger partial charge in [-0.1, -0.05) is 6.07 Å². The summed E-state index contributed by atoms with van der Waals surface area (Å²) in [4.78, 5) is 3.91. The minimum atomic E-state index is -3.77. The highest BCUT2D eigenvalue weighted by molar-refractivity contribution is 9.10. The maximum absolute atomic E-state index is 12.3. The van der Waals surface area contributed by atoms with Crippen molar-refractivity contribution in [3.63, 3.8) is 0 Å². The van der Waals surface area contributed by atoms with E-state index in [9.17, 15) is 8.42 Å². The highest BCUT2D eigenvalue weighted by Crippen LogP contribution is 2.24. The monoisotopic (exact) mass is 357 g/mol. The zero-order valence-electron chi connectivity index (χ0n) is 10.5. The molecule has 9 heteroatoms. The number of aromatic nitrogens is 3. The summed E-state index contributed by atoms with van der Waals surface area (Å²) in [5.41, 5.74) is 0.850. The average molecular weight is 358 g/mol. The summed E-state index contributed by atoms with van der Waals surface area (Å²) in [6.45, 7) is 0.569. The lowest BCUT2D eigenvalue weighted by molar-refractivity contribution is 0.600. The Bertz CT molecular complexity index is 693. The van der Waals surface area contributed by atoms with Gasteiger partial charge >= 0.3 is 0 Å². The van der Waals surface area contributed by atoms with Crippen LogP contribution in [0.4, 0.5) is 5.95 Å². The lowest BCUT2D eigenvalue weighted by Gasteiger charge is -2.09. The second-order valence-electron chi connectivity index (χ2n) is 3.87. The first-order chi connectivity index (χ1) is 9.53. The predicted molar refractivity (Wildman–Crippen MR) is 77.5 cm³/mol. The molecule has 0 saturated carbocycles. The summed E-state index contributed by atoms with van der Waals surface area (Å²) >= 11 is 3.23. The zero-order chi connectivity index (χ0) is 14.6. The molecule has 0 unspecified atom stereocenters. The Morgan fingerprint density at radius 1 is 1.30 bits per heavy atom. The van der Waals surface area contributed by atoms with E-state index >= 15 is 0 Å². The molecule has 106 valence electrons. The first-order valence-corrected chi connectivity index (χ1v) is 7.90. The molecule has 2 aromatic rings. The van der Waals surface area contributed by atoms with Gasteiger partial charge in [-0.25, -0.2) is 18.1 Å². The summed E-state index contributed by atoms with van der Waals surface area (Å²) in [7, 11) is -1.98. The second kappa shape index (κ2) is 6.25. The molecule has 1 heterocycles. The van der Waals surface area contributed by atoms with E-state index in [1.54, 1.807) is 19.2 Å². The highest BCUT2D eigenvalue weighted by Gasteiger charge is 2.19. The number of sulfonamides is 1. The van der Waals surface area contributed by atoms with Crippen LogP contribution in [0.1, 0.15) is 5.56 Å². The van der Waals surface area contributed by atoms with Crippen molar-refractivity contribution in [3.8, 4) is 0 Å². The van der Waals surface area contributed by atoms with Crippen LogP contribution in [0.2, 0.25) is 0 Å². The van der Waals surface area contributed by atoms with E-state index in [0.29, 0.717) is 11.0 Å². The molecule has 0 aliphatic rings. The SMILES string of the molecule is CNCc1ccc(Br)c(S(=O)(=O)Nc2nccnn2)c1. The van der Waals surface area contributed by atoms with Crippen molar-refractivity contribution < 1.29 is 8.42 Å². The Morgan fingerprint density at radius 3 is 2.75 bits per heavy atom. The minimum absolute atomic E-state index is 0.0709. The van der Waals surface area contributed by atoms with Crippen LogP contribution < -0.4 is 10.0 Å². The number of hydrogen-bond acceptors (Lipinski definition) is 6. The fraction of sp³-hybridized carbons (Fsp3) is 0.182. The number of benzene rings is 1. The summed E-state index contributed by atoms with van der Waals surface area (Å²) < 4.78 is 27.4. The van der Waals surface area contributed by atoms with Crippen molar-refractivity contribution in [1.82, 2.24) is 20.5 Å². The topological polar surface area (TPSA) is 96.9 Å². The molecular formula is C11H12BrN5O2S. The van der Waals surface area contributed by atoms with Crippen LogP contribution in [0.3, 0.4) is 0 Å². The quantitative estimate of drug-likeness (QED) is 0.833. The molecule has 0 saturated heterocycles. The van der Waals surface area contributed by atoms with E-state index in [1.165, 1.54) is 12.4 Å². The van der Waals surface area contributed by atoms with Gasteiger partial charge < -0.3 is 5.32 Å². The van der Waals surface area contributed by atoms with Crippen molar-refractivity contribution >= 4 is 31.9 Å². The van der Waals surface area contributed by atoms with Crippen LogP contribution in [0.5, 0.6) is 0 Å². The van der Waals surface area contributed by atoms with Crippen molar-refractivity contribution in [2.75, 3.05) is 11.8 Å². The molecule has 0 fully saturated rings. The molecule has 2 rings (SSSR count). The van der Waals surface area contributed by atoms with Crippen molar-refractivity contribution in [2.45, 2.75) is 11.4 Å². The van der Waals surface area contributed by atoms with Crippen LogP contribution in [-0.2, 0) is 16.6 Å². The van der Waals surface area contributed by atoms with E-state index in [0.717, 1.165) is 5.56 Å². The summed E-state index contributed by atoms with van der Waals surface area (Å²) in [5.74, 6) is -0.0709. The molecule has 2 N–H and O–H groups in total. The molecule has 0 spiro atoms. The van der Waals surface area contributed by atoms with Gasteiger partial charge in [-0.05, 0) is 40.7 Å². The Labute approximate surface area is 125 Å². The lowest BCUT2D eigenvalue weighted by Crippen LogP contribution is -2.16. The number of nitrogens with one attached hydrogen (secondary N) is 2. The van der Waals surface area contributed by atoms with Crippen LogP contribution in [0.25, 0.3) is 0 Å². The Morgan fingerprint density at radius 2 is 2.10 bits per heavy atom. The van der Waals surface area contributed by atoms with Gasteiger partial charge in [-0.3, -0.25) is 0 Å². The maximum Gasteiger partial charge on any atom is 0.265 e. The Kier molecular flexibility index (Phi) is 4.63. The van der Waals surface area contributed by atoms with Gasteiger partial charge in [-0.2, -0.15) is 5.10 Å². The number of nitrogens with zero attached hydrogens (tertiary/aromatic N) is 3. The largest absolute Gasteiger partial charge is 0.316 e. The molecule has 0 bridgehead atoms. The van der Waals surface area contributed by atoms with Gasteiger partial charge in [-0.15, -0.1) is 5.10 Å². The molecule has 1 aromatic heterocycles. The third-order valence-corrected chi connectivity index (χ3v) is 4.70. The van der Waals surface area contributed by atoms with Gasteiger partial charge in [0.25, 0.3) is 16.0 Å². The Balaban J connectivity index is 2.36. The fourth-order valence-electron chi connectivity index (χ4n) is 1.54. The predicted octanol–water partition coefficient (Wildman–Crippen LogP) is 1.15. The third-order valence-electron chi connectivity index (χ3n) is 2.37. The van der Waals surface area contributed by atoms with Gasteiger partial charge in [0.15, 0.2) is 0 Å². The number of rotatable bonds is 5. The van der Waals surface area contributed by atoms with Crippen LogP contribution in [0.15, 0.2) is 40.0 Å². The third kappa shape index (κ3) is 3.50. The average Bonchev–Trinajstić information content (AvgIpc) is 2.42. The Hall–Kier alpha value is -1.58. The van der Waals surface area contributed by atoms with E-state index in [1.807, 2.05) is 6.07 Å². The van der Waals surface area contributed by atoms with Crippen molar-refractivity contribution in [1.29, 1.82) is 0 Å². The maximum atomic E-state index is 12.3. The molecule has 20 heavy (non-hydrogen) atoms. The molecular weight excluding hydrogens is 346 g/mol. The molecule has 0 radical (unpaired) electrons. The molecule has 1 aromatic carbocycles. The minimum Gasteiger partial charge on any atom is -0.316 e. The number of hydrogen-bond donors (Lipinski definition) is 2. The molecule has 0 amide bonds. The van der Waals surface area contributed by atoms with Crippen molar-refractivity contribution in [2.24, 2.45) is 0 Å². The summed E-state index contributed by atoms with van der Waals surface area (Å²) in [5, 5.41) is 10.1. The van der Waals surface area contributed by atoms with Crippen molar-refractivity contribution in [3.05, 3.63) is 40.6 Å². The zero-order valence-corrected chi connectivity index (χ0v) is 12.9.